The largest absolute Gasteiger partial charge is 0.480 e. The van der Waals surface area contributed by atoms with Crippen LogP contribution in [0.4, 0.5) is 14.9 Å². The fourth-order valence-corrected chi connectivity index (χ4v) is 2.27. The van der Waals surface area contributed by atoms with E-state index in [4.69, 9.17) is 5.11 Å². The van der Waals surface area contributed by atoms with Gasteiger partial charge in [-0.2, -0.15) is 0 Å². The molecule has 0 unspecified atom stereocenters. The second-order valence-electron chi connectivity index (χ2n) is 4.48. The lowest BCUT2D eigenvalue weighted by Crippen LogP contribution is -2.47. The van der Waals surface area contributed by atoms with Crippen molar-refractivity contribution in [2.75, 3.05) is 18.5 Å². The molecule has 102 valence electrons. The highest BCUT2D eigenvalue weighted by molar-refractivity contribution is 5.94. The van der Waals surface area contributed by atoms with Crippen LogP contribution in [0.15, 0.2) is 24.3 Å². The van der Waals surface area contributed by atoms with Gasteiger partial charge in [0.1, 0.15) is 11.9 Å². The maximum absolute atomic E-state index is 13.6. The minimum atomic E-state index is -1.02. The third kappa shape index (κ3) is 2.52. The molecule has 1 saturated heterocycles. The van der Waals surface area contributed by atoms with Gasteiger partial charge in [0, 0.05) is 13.6 Å². The summed E-state index contributed by atoms with van der Waals surface area (Å²) in [7, 11) is 1.44. The van der Waals surface area contributed by atoms with Crippen LogP contribution in [0.5, 0.6) is 0 Å². The van der Waals surface area contributed by atoms with E-state index >= 15 is 0 Å². The number of aliphatic carboxylic acids is 1. The van der Waals surface area contributed by atoms with Gasteiger partial charge in [-0.1, -0.05) is 12.1 Å². The lowest BCUT2D eigenvalue weighted by Gasteiger charge is -2.27. The van der Waals surface area contributed by atoms with E-state index in [0.717, 1.165) is 4.90 Å². The number of amides is 2. The third-order valence-corrected chi connectivity index (χ3v) is 3.28. The lowest BCUT2D eigenvalue weighted by atomic mass is 10.2. The standard InChI is InChI=1S/C13H15FN2O3/c1-15(10-6-3-2-5-9(10)14)13(19)16-8-4-7-11(16)12(17)18/h2-3,5-6,11H,4,7-8H2,1H3,(H,17,18)/t11-/m1/s1. The quantitative estimate of drug-likeness (QED) is 0.889. The number of nitrogens with zero attached hydrogens (tertiary/aromatic N) is 2. The van der Waals surface area contributed by atoms with Crippen molar-refractivity contribution in [1.82, 2.24) is 4.90 Å². The molecule has 1 aliphatic rings. The van der Waals surface area contributed by atoms with Gasteiger partial charge in [0.15, 0.2) is 0 Å². The second kappa shape index (κ2) is 5.26. The first kappa shape index (κ1) is 13.3. The number of carbonyl (C=O) groups is 2. The van der Waals surface area contributed by atoms with E-state index in [9.17, 15) is 14.0 Å². The number of hydrogen-bond donors (Lipinski definition) is 1. The number of hydrogen-bond acceptors (Lipinski definition) is 2. The molecular weight excluding hydrogens is 251 g/mol. The number of likely N-dealkylation sites (tertiary alicyclic amines) is 1. The molecule has 1 aliphatic heterocycles. The van der Waals surface area contributed by atoms with Gasteiger partial charge in [0.25, 0.3) is 0 Å². The number of urea groups is 1. The molecule has 0 aromatic heterocycles. The molecule has 1 fully saturated rings. The van der Waals surface area contributed by atoms with E-state index in [1.807, 2.05) is 0 Å². The van der Waals surface area contributed by atoms with E-state index in [2.05, 4.69) is 0 Å². The van der Waals surface area contributed by atoms with Crippen LogP contribution in [0, 0.1) is 5.82 Å². The number of anilines is 1. The molecule has 2 amide bonds. The second-order valence-corrected chi connectivity index (χ2v) is 4.48. The SMILES string of the molecule is CN(C(=O)N1CCC[C@@H]1C(=O)O)c1ccccc1F. The van der Waals surface area contributed by atoms with Crippen molar-refractivity contribution in [2.45, 2.75) is 18.9 Å². The van der Waals surface area contributed by atoms with Crippen molar-refractivity contribution in [3.8, 4) is 0 Å². The van der Waals surface area contributed by atoms with Crippen molar-refractivity contribution in [3.05, 3.63) is 30.1 Å². The predicted molar refractivity (Wildman–Crippen MR) is 67.6 cm³/mol. The Labute approximate surface area is 110 Å². The highest BCUT2D eigenvalue weighted by Crippen LogP contribution is 2.23. The molecule has 1 aromatic carbocycles. The molecule has 0 saturated carbocycles. The number of carbonyl (C=O) groups excluding carboxylic acids is 1. The Morgan fingerprint density at radius 1 is 1.42 bits per heavy atom. The van der Waals surface area contributed by atoms with Crippen molar-refractivity contribution in [3.63, 3.8) is 0 Å². The van der Waals surface area contributed by atoms with Crippen molar-refractivity contribution >= 4 is 17.7 Å². The minimum absolute atomic E-state index is 0.142. The maximum atomic E-state index is 13.6. The Morgan fingerprint density at radius 2 is 2.11 bits per heavy atom. The zero-order valence-electron chi connectivity index (χ0n) is 10.5. The first-order chi connectivity index (χ1) is 9.02. The van der Waals surface area contributed by atoms with Crippen LogP contribution >= 0.6 is 0 Å². The van der Waals surface area contributed by atoms with E-state index in [0.29, 0.717) is 19.4 Å². The minimum Gasteiger partial charge on any atom is -0.480 e. The molecule has 1 aromatic rings. The molecule has 5 nitrogen and oxygen atoms in total. The normalized spacial score (nSPS) is 18.4. The van der Waals surface area contributed by atoms with Gasteiger partial charge in [0.2, 0.25) is 0 Å². The van der Waals surface area contributed by atoms with E-state index in [-0.39, 0.29) is 5.69 Å². The number of carboxylic acid groups (broad SMARTS) is 1. The van der Waals surface area contributed by atoms with Gasteiger partial charge >= 0.3 is 12.0 Å². The molecule has 1 heterocycles. The molecule has 2 rings (SSSR count). The summed E-state index contributed by atoms with van der Waals surface area (Å²) in [6, 6.07) is 4.60. The summed E-state index contributed by atoms with van der Waals surface area (Å²) < 4.78 is 13.6. The van der Waals surface area contributed by atoms with Crippen LogP contribution in [0.2, 0.25) is 0 Å². The zero-order valence-corrected chi connectivity index (χ0v) is 10.5. The van der Waals surface area contributed by atoms with Crippen LogP contribution in [-0.2, 0) is 4.79 Å². The number of rotatable bonds is 2. The molecular formula is C13H15FN2O3. The highest BCUT2D eigenvalue weighted by Gasteiger charge is 2.36. The van der Waals surface area contributed by atoms with Crippen LogP contribution in [0.25, 0.3) is 0 Å². The van der Waals surface area contributed by atoms with Crippen LogP contribution in [0.1, 0.15) is 12.8 Å². The van der Waals surface area contributed by atoms with Gasteiger partial charge in [0.05, 0.1) is 5.69 Å². The molecule has 0 bridgehead atoms. The third-order valence-electron chi connectivity index (χ3n) is 3.28. The molecule has 1 atom stereocenters. The number of para-hydroxylation sites is 1. The van der Waals surface area contributed by atoms with Gasteiger partial charge in [-0.25, -0.2) is 14.0 Å². The Morgan fingerprint density at radius 3 is 2.74 bits per heavy atom. The van der Waals surface area contributed by atoms with E-state index in [1.165, 1.54) is 30.1 Å². The fraction of sp³-hybridized carbons (Fsp3) is 0.385. The van der Waals surface area contributed by atoms with Crippen LogP contribution in [-0.4, -0.2) is 41.6 Å². The summed E-state index contributed by atoms with van der Waals surface area (Å²) in [5.41, 5.74) is 0.142. The first-order valence-electron chi connectivity index (χ1n) is 6.04. The van der Waals surface area contributed by atoms with Gasteiger partial charge in [-0.15, -0.1) is 0 Å². The van der Waals surface area contributed by atoms with Crippen LogP contribution < -0.4 is 4.90 Å². The average molecular weight is 266 g/mol. The van der Waals surface area contributed by atoms with Crippen molar-refractivity contribution < 1.29 is 19.1 Å². The molecule has 6 heteroatoms. The summed E-state index contributed by atoms with van der Waals surface area (Å²) >= 11 is 0. The smallest absolute Gasteiger partial charge is 0.326 e. The predicted octanol–water partition coefficient (Wildman–Crippen LogP) is 1.93. The number of halogens is 1. The summed E-state index contributed by atoms with van der Waals surface area (Å²) in [5, 5.41) is 9.05. The lowest BCUT2D eigenvalue weighted by molar-refractivity contribution is -0.141. The Hall–Kier alpha value is -2.11. The Bertz CT molecular complexity index is 506. The summed E-state index contributed by atoms with van der Waals surface area (Å²) in [4.78, 5) is 25.7. The monoisotopic (exact) mass is 266 g/mol. The summed E-state index contributed by atoms with van der Waals surface area (Å²) in [5.74, 6) is -1.53. The molecule has 1 N–H and O–H groups in total. The number of carboxylic acids is 1. The molecule has 0 spiro atoms. The van der Waals surface area contributed by atoms with Crippen LogP contribution in [0.3, 0.4) is 0 Å². The summed E-state index contributed by atoms with van der Waals surface area (Å²) in [6.07, 6.45) is 1.08. The fourth-order valence-electron chi connectivity index (χ4n) is 2.27. The topological polar surface area (TPSA) is 60.9 Å². The van der Waals surface area contributed by atoms with E-state index in [1.54, 1.807) is 6.07 Å². The van der Waals surface area contributed by atoms with Crippen molar-refractivity contribution in [1.29, 1.82) is 0 Å². The average Bonchev–Trinajstić information content (AvgIpc) is 2.87. The van der Waals surface area contributed by atoms with Gasteiger partial charge in [-0.05, 0) is 25.0 Å². The molecule has 19 heavy (non-hydrogen) atoms. The zero-order chi connectivity index (χ0) is 14.0. The highest BCUT2D eigenvalue weighted by atomic mass is 19.1. The number of benzene rings is 1. The van der Waals surface area contributed by atoms with Crippen molar-refractivity contribution in [2.24, 2.45) is 0 Å². The summed E-state index contributed by atoms with van der Waals surface area (Å²) in [6.45, 7) is 0.384. The maximum Gasteiger partial charge on any atom is 0.326 e. The van der Waals surface area contributed by atoms with E-state index < -0.39 is 23.9 Å². The molecule has 0 aliphatic carbocycles. The Kier molecular flexibility index (Phi) is 3.69. The van der Waals surface area contributed by atoms with Gasteiger partial charge < -0.3 is 10.0 Å². The molecule has 0 radical (unpaired) electrons. The Balaban J connectivity index is 2.20. The first-order valence-corrected chi connectivity index (χ1v) is 6.04. The van der Waals surface area contributed by atoms with Gasteiger partial charge in [-0.3, -0.25) is 4.90 Å².